The van der Waals surface area contributed by atoms with Crippen molar-refractivity contribution in [3.05, 3.63) is 22.9 Å². The van der Waals surface area contributed by atoms with Gasteiger partial charge in [0.15, 0.2) is 6.23 Å². The number of hydrogen-bond acceptors (Lipinski definition) is 8. The first-order valence-corrected chi connectivity index (χ1v) is 6.26. The van der Waals surface area contributed by atoms with Gasteiger partial charge in [0.1, 0.15) is 6.10 Å². The molecule has 116 valence electrons. The average Bonchev–Trinajstić information content (AvgIpc) is 2.83. The van der Waals surface area contributed by atoms with E-state index < -0.39 is 37.3 Å². The van der Waals surface area contributed by atoms with Crippen molar-refractivity contribution in [1.29, 1.82) is 0 Å². The lowest BCUT2D eigenvalue weighted by molar-refractivity contribution is -0.131. The molecule has 0 aliphatic rings. The standard InChI is InChI=1S/C11H17N5O5/c1-6(19)7(4-17)21-8(5-18)15-2-3-16-10(15)13-9(12)14-11(16)20/h2-3,6-8,17-19H,4-5H2,1H3,(H2,12,14,20)/t6-,7-,8-/m1/s1. The van der Waals surface area contributed by atoms with Gasteiger partial charge in [0.25, 0.3) is 0 Å². The van der Waals surface area contributed by atoms with Crippen molar-refractivity contribution >= 4 is 11.7 Å². The second-order valence-electron chi connectivity index (χ2n) is 4.47. The highest BCUT2D eigenvalue weighted by Crippen LogP contribution is 2.16. The summed E-state index contributed by atoms with van der Waals surface area (Å²) in [6.07, 6.45) is 0.0843. The summed E-state index contributed by atoms with van der Waals surface area (Å²) in [6.45, 7) is 0.573. The molecule has 0 fully saturated rings. The molecule has 2 aromatic heterocycles. The van der Waals surface area contributed by atoms with Crippen LogP contribution in [0.5, 0.6) is 0 Å². The molecule has 10 nitrogen and oxygen atoms in total. The molecular formula is C11H17N5O5. The molecule has 0 radical (unpaired) electrons. The van der Waals surface area contributed by atoms with Crippen LogP contribution >= 0.6 is 0 Å². The first-order valence-electron chi connectivity index (χ1n) is 6.26. The number of nitrogens with two attached hydrogens (primary N) is 1. The minimum absolute atomic E-state index is 0.133. The first-order chi connectivity index (χ1) is 9.97. The topological polar surface area (TPSA) is 148 Å². The van der Waals surface area contributed by atoms with E-state index in [4.69, 9.17) is 15.6 Å². The Hall–Kier alpha value is -2.01. The quantitative estimate of drug-likeness (QED) is 0.466. The Kier molecular flexibility index (Phi) is 4.53. The predicted molar refractivity (Wildman–Crippen MR) is 71.4 cm³/mol. The van der Waals surface area contributed by atoms with Crippen molar-refractivity contribution in [3.8, 4) is 0 Å². The number of aromatic nitrogens is 4. The van der Waals surface area contributed by atoms with Crippen molar-refractivity contribution in [3.63, 3.8) is 0 Å². The van der Waals surface area contributed by atoms with Crippen LogP contribution in [0.25, 0.3) is 5.78 Å². The van der Waals surface area contributed by atoms with Crippen LogP contribution in [0.2, 0.25) is 0 Å². The van der Waals surface area contributed by atoms with Gasteiger partial charge in [-0.25, -0.2) is 9.20 Å². The predicted octanol–water partition coefficient (Wildman–Crippen LogP) is -2.28. The van der Waals surface area contributed by atoms with E-state index in [9.17, 15) is 15.0 Å². The summed E-state index contributed by atoms with van der Waals surface area (Å²) < 4.78 is 7.94. The molecule has 5 N–H and O–H groups in total. The van der Waals surface area contributed by atoms with Crippen LogP contribution in [0, 0.1) is 0 Å². The number of nitrogen functional groups attached to an aromatic ring is 1. The van der Waals surface area contributed by atoms with Gasteiger partial charge >= 0.3 is 5.69 Å². The van der Waals surface area contributed by atoms with Crippen LogP contribution < -0.4 is 11.4 Å². The second kappa shape index (κ2) is 6.18. The van der Waals surface area contributed by atoms with Crippen molar-refractivity contribution in [2.24, 2.45) is 0 Å². The fourth-order valence-electron chi connectivity index (χ4n) is 1.87. The van der Waals surface area contributed by atoms with E-state index in [0.717, 1.165) is 4.40 Å². The highest BCUT2D eigenvalue weighted by atomic mass is 16.5. The minimum atomic E-state index is -0.949. The fourth-order valence-corrected chi connectivity index (χ4v) is 1.87. The average molecular weight is 299 g/mol. The van der Waals surface area contributed by atoms with Crippen LogP contribution in [0.4, 0.5) is 5.95 Å². The van der Waals surface area contributed by atoms with E-state index in [1.54, 1.807) is 0 Å². The summed E-state index contributed by atoms with van der Waals surface area (Å²) in [5.41, 5.74) is 4.83. The third-order valence-corrected chi connectivity index (χ3v) is 2.97. The molecule has 0 spiro atoms. The molecule has 0 amide bonds. The fraction of sp³-hybridized carbons (Fsp3) is 0.545. The van der Waals surface area contributed by atoms with Crippen LogP contribution in [-0.2, 0) is 4.74 Å². The molecule has 0 aliphatic carbocycles. The molecule has 0 aromatic carbocycles. The van der Waals surface area contributed by atoms with Crippen LogP contribution in [-0.4, -0.2) is 59.7 Å². The number of hydrogen-bond donors (Lipinski definition) is 4. The van der Waals surface area contributed by atoms with Crippen LogP contribution in [0.3, 0.4) is 0 Å². The van der Waals surface area contributed by atoms with Gasteiger partial charge in [0.05, 0.1) is 19.3 Å². The summed E-state index contributed by atoms with van der Waals surface area (Å²) >= 11 is 0. The van der Waals surface area contributed by atoms with Crippen molar-refractivity contribution in [2.45, 2.75) is 25.4 Å². The lowest BCUT2D eigenvalue weighted by Gasteiger charge is -2.25. The molecule has 2 aromatic rings. The maximum absolute atomic E-state index is 11.6. The van der Waals surface area contributed by atoms with E-state index in [2.05, 4.69) is 9.97 Å². The molecule has 21 heavy (non-hydrogen) atoms. The van der Waals surface area contributed by atoms with Gasteiger partial charge in [0.2, 0.25) is 11.7 Å². The first kappa shape index (κ1) is 15.4. The van der Waals surface area contributed by atoms with Crippen LogP contribution in [0.15, 0.2) is 17.2 Å². The van der Waals surface area contributed by atoms with E-state index in [1.807, 2.05) is 0 Å². The summed E-state index contributed by atoms with van der Waals surface area (Å²) in [7, 11) is 0. The van der Waals surface area contributed by atoms with Gasteiger partial charge in [-0.15, -0.1) is 0 Å². The van der Waals surface area contributed by atoms with Gasteiger partial charge in [-0.3, -0.25) is 4.57 Å². The zero-order valence-electron chi connectivity index (χ0n) is 11.3. The molecule has 2 rings (SSSR count). The number of imidazole rings is 1. The summed E-state index contributed by atoms with van der Waals surface area (Å²) in [5, 5.41) is 28.1. The van der Waals surface area contributed by atoms with Gasteiger partial charge in [0, 0.05) is 12.4 Å². The molecular weight excluding hydrogens is 282 g/mol. The van der Waals surface area contributed by atoms with Crippen LogP contribution in [0.1, 0.15) is 13.2 Å². The van der Waals surface area contributed by atoms with Crippen molar-refractivity contribution in [2.75, 3.05) is 18.9 Å². The summed E-state index contributed by atoms with van der Waals surface area (Å²) in [4.78, 5) is 19.0. The van der Waals surface area contributed by atoms with Gasteiger partial charge < -0.3 is 25.8 Å². The summed E-state index contributed by atoms with van der Waals surface area (Å²) in [5.74, 6) is -0.0697. The minimum Gasteiger partial charge on any atom is -0.394 e. The third kappa shape index (κ3) is 3.03. The van der Waals surface area contributed by atoms with Gasteiger partial charge in [-0.2, -0.15) is 9.97 Å². The Balaban J connectivity index is 2.41. The van der Waals surface area contributed by atoms with Gasteiger partial charge in [-0.1, -0.05) is 0 Å². The van der Waals surface area contributed by atoms with E-state index >= 15 is 0 Å². The number of fused-ring (bicyclic) bond motifs is 1. The Labute approximate surface area is 119 Å². The number of aliphatic hydroxyl groups excluding tert-OH is 3. The zero-order chi connectivity index (χ0) is 15.6. The van der Waals surface area contributed by atoms with E-state index in [1.165, 1.54) is 23.9 Å². The molecule has 0 bridgehead atoms. The van der Waals surface area contributed by atoms with Crippen molar-refractivity contribution in [1.82, 2.24) is 18.9 Å². The zero-order valence-corrected chi connectivity index (χ0v) is 11.3. The Morgan fingerprint density at radius 2 is 2.05 bits per heavy atom. The normalized spacial score (nSPS) is 16.0. The maximum atomic E-state index is 11.6. The lowest BCUT2D eigenvalue weighted by atomic mass is 10.2. The number of rotatable bonds is 6. The maximum Gasteiger partial charge on any atom is 0.357 e. The smallest absolute Gasteiger partial charge is 0.357 e. The van der Waals surface area contributed by atoms with E-state index in [0.29, 0.717) is 0 Å². The molecule has 0 saturated carbocycles. The lowest BCUT2D eigenvalue weighted by Crippen LogP contribution is -2.34. The monoisotopic (exact) mass is 299 g/mol. The summed E-state index contributed by atoms with van der Waals surface area (Å²) in [6, 6.07) is 0. The molecule has 2 heterocycles. The third-order valence-electron chi connectivity index (χ3n) is 2.97. The largest absolute Gasteiger partial charge is 0.394 e. The Morgan fingerprint density at radius 1 is 1.33 bits per heavy atom. The highest BCUT2D eigenvalue weighted by molar-refractivity contribution is 5.34. The number of anilines is 1. The molecule has 0 unspecified atom stereocenters. The second-order valence-corrected chi connectivity index (χ2v) is 4.47. The van der Waals surface area contributed by atoms with E-state index in [-0.39, 0.29) is 11.7 Å². The highest BCUT2D eigenvalue weighted by Gasteiger charge is 2.23. The molecule has 0 aliphatic heterocycles. The Bertz CT molecular complexity index is 667. The SMILES string of the molecule is C[C@@H](O)[C@@H](CO)O[C@H](CO)n1ccn2c(=O)nc(N)nc12. The number of aliphatic hydroxyl groups is 3. The molecule has 3 atom stereocenters. The number of ether oxygens (including phenoxy) is 1. The molecule has 10 heteroatoms. The Morgan fingerprint density at radius 3 is 2.62 bits per heavy atom. The van der Waals surface area contributed by atoms with Gasteiger partial charge in [-0.05, 0) is 6.92 Å². The number of nitrogens with zero attached hydrogens (tertiary/aromatic N) is 4. The molecule has 0 saturated heterocycles. The van der Waals surface area contributed by atoms with Crippen molar-refractivity contribution < 1.29 is 20.1 Å².